The number of carbonyl (C=O) groups is 1. The summed E-state index contributed by atoms with van der Waals surface area (Å²) in [7, 11) is 0. The third-order valence-corrected chi connectivity index (χ3v) is 4.89. The van der Waals surface area contributed by atoms with Gasteiger partial charge >= 0.3 is 0 Å². The number of hydrogen-bond acceptors (Lipinski definition) is 5. The van der Waals surface area contributed by atoms with Crippen molar-refractivity contribution < 1.29 is 13.9 Å². The first-order valence-electron chi connectivity index (χ1n) is 8.30. The Kier molecular flexibility index (Phi) is 5.46. The molecule has 1 aliphatic heterocycles. The van der Waals surface area contributed by atoms with Crippen LogP contribution < -0.4 is 5.32 Å². The summed E-state index contributed by atoms with van der Waals surface area (Å²) in [5, 5.41) is 5.20. The lowest BCUT2D eigenvalue weighted by Gasteiger charge is -2.34. The molecule has 0 aliphatic carbocycles. The normalized spacial score (nSPS) is 21.3. The zero-order valence-electron chi connectivity index (χ0n) is 14.6. The molecule has 1 saturated heterocycles. The van der Waals surface area contributed by atoms with Crippen molar-refractivity contribution >= 4 is 22.4 Å². The quantitative estimate of drug-likeness (QED) is 0.904. The first-order valence-corrected chi connectivity index (χ1v) is 9.18. The number of aromatic nitrogens is 1. The van der Waals surface area contributed by atoms with Gasteiger partial charge in [0, 0.05) is 30.6 Å². The molecule has 3 rings (SSSR count). The van der Waals surface area contributed by atoms with E-state index in [0.29, 0.717) is 10.7 Å². The van der Waals surface area contributed by atoms with Crippen LogP contribution in [0.25, 0.3) is 0 Å². The number of amides is 1. The minimum absolute atomic E-state index is 0.206. The van der Waals surface area contributed by atoms with E-state index in [1.54, 1.807) is 19.1 Å². The van der Waals surface area contributed by atoms with Gasteiger partial charge in [0.25, 0.3) is 5.91 Å². The van der Waals surface area contributed by atoms with Gasteiger partial charge in [-0.2, -0.15) is 0 Å². The Bertz CT molecular complexity index is 755. The van der Waals surface area contributed by atoms with Crippen LogP contribution in [0.3, 0.4) is 0 Å². The summed E-state index contributed by atoms with van der Waals surface area (Å²) in [6.07, 6.45) is 0.413. The minimum atomic E-state index is -0.386. The molecule has 0 bridgehead atoms. The molecule has 2 aromatic rings. The van der Waals surface area contributed by atoms with Crippen LogP contribution in [0.15, 0.2) is 23.6 Å². The molecule has 2 atom stereocenters. The maximum absolute atomic E-state index is 13.6. The molecule has 134 valence electrons. The van der Waals surface area contributed by atoms with E-state index in [0.717, 1.165) is 25.3 Å². The lowest BCUT2D eigenvalue weighted by atomic mass is 10.1. The smallest absolute Gasteiger partial charge is 0.257 e. The molecule has 1 aromatic heterocycles. The third-order valence-electron chi connectivity index (χ3n) is 4.09. The van der Waals surface area contributed by atoms with Crippen molar-refractivity contribution in [1.29, 1.82) is 0 Å². The van der Waals surface area contributed by atoms with Crippen molar-refractivity contribution in [3.8, 4) is 0 Å². The SMILES string of the molecule is Cc1ccc(C(=O)Nc2nc(CN3CC(C)OC(C)C3)cs2)cc1F. The number of aryl methyl sites for hydroxylation is 1. The molecule has 2 heterocycles. The number of hydrogen-bond donors (Lipinski definition) is 1. The first kappa shape index (κ1) is 18.0. The van der Waals surface area contributed by atoms with Crippen LogP contribution in [0.5, 0.6) is 0 Å². The maximum atomic E-state index is 13.6. The van der Waals surface area contributed by atoms with Gasteiger partial charge in [-0.1, -0.05) is 6.07 Å². The largest absolute Gasteiger partial charge is 0.373 e. The highest BCUT2D eigenvalue weighted by Gasteiger charge is 2.22. The van der Waals surface area contributed by atoms with E-state index < -0.39 is 0 Å². The van der Waals surface area contributed by atoms with Gasteiger partial charge in [-0.05, 0) is 38.5 Å². The Morgan fingerprint density at radius 2 is 2.12 bits per heavy atom. The molecule has 1 N–H and O–H groups in total. The van der Waals surface area contributed by atoms with E-state index in [4.69, 9.17) is 4.74 Å². The second-order valence-corrected chi connectivity index (χ2v) is 7.37. The highest BCUT2D eigenvalue weighted by molar-refractivity contribution is 7.13. The van der Waals surface area contributed by atoms with Crippen molar-refractivity contribution in [1.82, 2.24) is 9.88 Å². The summed E-state index contributed by atoms with van der Waals surface area (Å²) in [6.45, 7) is 8.26. The van der Waals surface area contributed by atoms with Gasteiger partial charge in [0.05, 0.1) is 17.9 Å². The summed E-state index contributed by atoms with van der Waals surface area (Å²) in [5.74, 6) is -0.739. The van der Waals surface area contributed by atoms with Crippen molar-refractivity contribution in [3.63, 3.8) is 0 Å². The molecular weight excluding hydrogens is 341 g/mol. The molecule has 1 fully saturated rings. The van der Waals surface area contributed by atoms with E-state index in [1.165, 1.54) is 17.4 Å². The van der Waals surface area contributed by atoms with Gasteiger partial charge < -0.3 is 4.74 Å². The first-order chi connectivity index (χ1) is 11.9. The minimum Gasteiger partial charge on any atom is -0.373 e. The number of anilines is 1. The zero-order valence-corrected chi connectivity index (χ0v) is 15.4. The number of rotatable bonds is 4. The molecule has 0 saturated carbocycles. The highest BCUT2D eigenvalue weighted by atomic mass is 32.1. The Hall–Kier alpha value is -1.83. The number of nitrogens with zero attached hydrogens (tertiary/aromatic N) is 2. The summed E-state index contributed by atoms with van der Waals surface area (Å²) in [5.41, 5.74) is 1.72. The van der Waals surface area contributed by atoms with Gasteiger partial charge in [0.1, 0.15) is 5.82 Å². The molecule has 7 heteroatoms. The fraction of sp³-hybridized carbons (Fsp3) is 0.444. The zero-order chi connectivity index (χ0) is 18.0. The van der Waals surface area contributed by atoms with Gasteiger partial charge in [0.2, 0.25) is 0 Å². The van der Waals surface area contributed by atoms with Crippen LogP contribution in [-0.4, -0.2) is 41.1 Å². The Labute approximate surface area is 150 Å². The molecule has 1 aliphatic rings. The Morgan fingerprint density at radius 1 is 1.40 bits per heavy atom. The second-order valence-electron chi connectivity index (χ2n) is 6.51. The summed E-state index contributed by atoms with van der Waals surface area (Å²) in [4.78, 5) is 19.0. The van der Waals surface area contributed by atoms with Crippen LogP contribution in [0.4, 0.5) is 9.52 Å². The van der Waals surface area contributed by atoms with E-state index in [1.807, 2.05) is 5.38 Å². The molecule has 0 radical (unpaired) electrons. The van der Waals surface area contributed by atoms with E-state index in [-0.39, 0.29) is 29.5 Å². The topological polar surface area (TPSA) is 54.5 Å². The highest BCUT2D eigenvalue weighted by Crippen LogP contribution is 2.20. The molecule has 2 unspecified atom stereocenters. The number of benzene rings is 1. The van der Waals surface area contributed by atoms with Crippen LogP contribution in [0.2, 0.25) is 0 Å². The lowest BCUT2D eigenvalue weighted by molar-refractivity contribution is -0.0707. The predicted octanol–water partition coefficient (Wildman–Crippen LogP) is 3.45. The fourth-order valence-electron chi connectivity index (χ4n) is 2.98. The van der Waals surface area contributed by atoms with Crippen molar-refractivity contribution in [2.24, 2.45) is 0 Å². The number of morpholine rings is 1. The third kappa shape index (κ3) is 4.62. The van der Waals surface area contributed by atoms with Gasteiger partial charge in [0.15, 0.2) is 5.13 Å². The van der Waals surface area contributed by atoms with Gasteiger partial charge in [-0.15, -0.1) is 11.3 Å². The van der Waals surface area contributed by atoms with Crippen LogP contribution in [0.1, 0.15) is 35.5 Å². The standard InChI is InChI=1S/C18H22FN3O2S/c1-11-4-5-14(6-16(11)19)17(23)21-18-20-15(10-25-18)9-22-7-12(2)24-13(3)8-22/h4-6,10,12-13H,7-9H2,1-3H3,(H,20,21,23). The Morgan fingerprint density at radius 3 is 2.80 bits per heavy atom. The average Bonchev–Trinajstić information content (AvgIpc) is 2.95. The number of thiazole rings is 1. The molecule has 1 aromatic carbocycles. The average molecular weight is 363 g/mol. The molecule has 1 amide bonds. The molecule has 25 heavy (non-hydrogen) atoms. The Balaban J connectivity index is 1.61. The van der Waals surface area contributed by atoms with Crippen LogP contribution in [0, 0.1) is 12.7 Å². The summed E-state index contributed by atoms with van der Waals surface area (Å²) >= 11 is 1.38. The predicted molar refractivity (Wildman–Crippen MR) is 96.5 cm³/mol. The summed E-state index contributed by atoms with van der Waals surface area (Å²) in [6, 6.07) is 4.45. The fourth-order valence-corrected chi connectivity index (χ4v) is 3.68. The van der Waals surface area contributed by atoms with E-state index in [9.17, 15) is 9.18 Å². The second kappa shape index (κ2) is 7.59. The monoisotopic (exact) mass is 363 g/mol. The lowest BCUT2D eigenvalue weighted by Crippen LogP contribution is -2.44. The molecule has 0 spiro atoms. The van der Waals surface area contributed by atoms with Crippen molar-refractivity contribution in [2.75, 3.05) is 18.4 Å². The summed E-state index contributed by atoms with van der Waals surface area (Å²) < 4.78 is 19.3. The maximum Gasteiger partial charge on any atom is 0.257 e. The van der Waals surface area contributed by atoms with Crippen molar-refractivity contribution in [2.45, 2.75) is 39.5 Å². The number of halogens is 1. The van der Waals surface area contributed by atoms with Gasteiger partial charge in [-0.3, -0.25) is 15.0 Å². The van der Waals surface area contributed by atoms with Crippen LogP contribution in [-0.2, 0) is 11.3 Å². The van der Waals surface area contributed by atoms with Crippen LogP contribution >= 0.6 is 11.3 Å². The number of carbonyl (C=O) groups excluding carboxylic acids is 1. The van der Waals surface area contributed by atoms with E-state index in [2.05, 4.69) is 29.0 Å². The number of nitrogens with one attached hydrogen (secondary N) is 1. The molecule has 5 nitrogen and oxygen atoms in total. The number of ether oxygens (including phenoxy) is 1. The van der Waals surface area contributed by atoms with E-state index >= 15 is 0 Å². The van der Waals surface area contributed by atoms with Gasteiger partial charge in [-0.25, -0.2) is 9.37 Å². The van der Waals surface area contributed by atoms with Crippen molar-refractivity contribution in [3.05, 3.63) is 46.2 Å². The molecular formula is C18H22FN3O2S.